The lowest BCUT2D eigenvalue weighted by molar-refractivity contribution is -0.141. The van der Waals surface area contributed by atoms with Gasteiger partial charge < -0.3 is 15.2 Å². The highest BCUT2D eigenvalue weighted by atomic mass is 32.1. The summed E-state index contributed by atoms with van der Waals surface area (Å²) in [4.78, 5) is 32.3. The van der Waals surface area contributed by atoms with Crippen molar-refractivity contribution in [2.45, 2.75) is 51.0 Å². The number of aliphatic carboxylic acids is 1. The molecule has 2 N–H and O–H groups in total. The minimum atomic E-state index is -1.02. The van der Waals surface area contributed by atoms with Gasteiger partial charge in [0.15, 0.2) is 0 Å². The van der Waals surface area contributed by atoms with E-state index in [9.17, 15) is 14.4 Å². The van der Waals surface area contributed by atoms with E-state index in [2.05, 4.69) is 17.9 Å². The van der Waals surface area contributed by atoms with E-state index in [0.717, 1.165) is 32.0 Å². The number of carbonyl (C=O) groups excluding carboxylic acids is 2. The molecule has 0 saturated heterocycles. The molecule has 1 amide bonds. The molecule has 1 atom stereocenters. The molecule has 6 heteroatoms. The van der Waals surface area contributed by atoms with E-state index in [4.69, 9.17) is 5.11 Å². The standard InChI is InChI=1S/C12H21NO4S/c14-8-5-3-1-2-4-6-11(15)13-10(7-9-18)12(16)17/h8,10,18H,1-7,9H2,(H,13,15)(H,16,17)/t10-/m0/s1. The molecule has 0 heterocycles. The molecule has 0 rings (SSSR count). The van der Waals surface area contributed by atoms with Gasteiger partial charge in [0, 0.05) is 12.8 Å². The minimum absolute atomic E-state index is 0.237. The van der Waals surface area contributed by atoms with Crippen LogP contribution in [0.1, 0.15) is 44.9 Å². The van der Waals surface area contributed by atoms with Gasteiger partial charge in [0.2, 0.25) is 5.91 Å². The van der Waals surface area contributed by atoms with Crippen LogP contribution in [0, 0.1) is 0 Å². The third-order valence-electron chi connectivity index (χ3n) is 2.53. The van der Waals surface area contributed by atoms with E-state index in [0.29, 0.717) is 25.0 Å². The quantitative estimate of drug-likeness (QED) is 0.302. The number of carboxylic acid groups (broad SMARTS) is 1. The first-order valence-electron chi connectivity index (χ1n) is 6.18. The molecule has 0 aliphatic heterocycles. The molecule has 0 aromatic carbocycles. The van der Waals surface area contributed by atoms with Gasteiger partial charge in [0.25, 0.3) is 0 Å². The van der Waals surface area contributed by atoms with Gasteiger partial charge in [0.1, 0.15) is 12.3 Å². The summed E-state index contributed by atoms with van der Waals surface area (Å²) >= 11 is 3.95. The molecule has 18 heavy (non-hydrogen) atoms. The number of thiol groups is 1. The predicted molar refractivity (Wildman–Crippen MR) is 71.8 cm³/mol. The Morgan fingerprint density at radius 3 is 2.44 bits per heavy atom. The van der Waals surface area contributed by atoms with Crippen molar-refractivity contribution in [3.63, 3.8) is 0 Å². The van der Waals surface area contributed by atoms with Crippen LogP contribution in [0.4, 0.5) is 0 Å². The Bertz CT molecular complexity index is 271. The fourth-order valence-corrected chi connectivity index (χ4v) is 1.78. The van der Waals surface area contributed by atoms with Gasteiger partial charge in [-0.3, -0.25) is 4.79 Å². The van der Waals surface area contributed by atoms with Gasteiger partial charge in [0.05, 0.1) is 0 Å². The van der Waals surface area contributed by atoms with Crippen molar-refractivity contribution in [3.05, 3.63) is 0 Å². The zero-order chi connectivity index (χ0) is 13.8. The van der Waals surface area contributed by atoms with Crippen molar-refractivity contribution in [1.82, 2.24) is 5.32 Å². The smallest absolute Gasteiger partial charge is 0.326 e. The van der Waals surface area contributed by atoms with Gasteiger partial charge in [-0.15, -0.1) is 0 Å². The Kier molecular flexibility index (Phi) is 10.4. The van der Waals surface area contributed by atoms with Crippen molar-refractivity contribution in [3.8, 4) is 0 Å². The van der Waals surface area contributed by atoms with Crippen LogP contribution in [0.25, 0.3) is 0 Å². The molecule has 0 unspecified atom stereocenters. The van der Waals surface area contributed by atoms with Crippen molar-refractivity contribution in [1.29, 1.82) is 0 Å². The Balaban J connectivity index is 3.68. The van der Waals surface area contributed by atoms with Crippen molar-refractivity contribution < 1.29 is 19.5 Å². The van der Waals surface area contributed by atoms with Crippen LogP contribution in [0.2, 0.25) is 0 Å². The molecular weight excluding hydrogens is 254 g/mol. The molecule has 0 aliphatic carbocycles. The normalized spacial score (nSPS) is 11.8. The maximum Gasteiger partial charge on any atom is 0.326 e. The number of carboxylic acids is 1. The zero-order valence-electron chi connectivity index (χ0n) is 10.4. The summed E-state index contributed by atoms with van der Waals surface area (Å²) in [6.45, 7) is 0. The number of amides is 1. The van der Waals surface area contributed by atoms with Gasteiger partial charge in [-0.25, -0.2) is 4.79 Å². The summed E-state index contributed by atoms with van der Waals surface area (Å²) in [5.41, 5.74) is 0. The molecule has 5 nitrogen and oxygen atoms in total. The molecule has 0 aliphatic rings. The summed E-state index contributed by atoms with van der Waals surface area (Å²) in [6, 6.07) is -0.843. The monoisotopic (exact) mass is 275 g/mol. The van der Waals surface area contributed by atoms with Crippen molar-refractivity contribution in [2.75, 3.05) is 5.75 Å². The lowest BCUT2D eigenvalue weighted by atomic mass is 10.1. The summed E-state index contributed by atoms with van der Waals surface area (Å²) < 4.78 is 0. The third-order valence-corrected chi connectivity index (χ3v) is 2.79. The second-order valence-corrected chi connectivity index (χ2v) is 4.54. The van der Waals surface area contributed by atoms with Gasteiger partial charge in [-0.2, -0.15) is 12.6 Å². The van der Waals surface area contributed by atoms with Crippen LogP contribution in [-0.2, 0) is 14.4 Å². The zero-order valence-corrected chi connectivity index (χ0v) is 11.3. The largest absolute Gasteiger partial charge is 0.480 e. The number of rotatable bonds is 11. The van der Waals surface area contributed by atoms with Gasteiger partial charge >= 0.3 is 5.97 Å². The second-order valence-electron chi connectivity index (χ2n) is 4.09. The summed E-state index contributed by atoms with van der Waals surface area (Å²) in [5.74, 6) is -0.842. The fourth-order valence-electron chi connectivity index (χ4n) is 1.52. The van der Waals surface area contributed by atoms with Crippen LogP contribution in [0.3, 0.4) is 0 Å². The molecule has 0 aromatic rings. The molecule has 0 aromatic heterocycles. The highest BCUT2D eigenvalue weighted by Crippen LogP contribution is 2.05. The number of hydrogen-bond acceptors (Lipinski definition) is 4. The molecule has 0 spiro atoms. The van der Waals surface area contributed by atoms with E-state index in [1.165, 1.54) is 0 Å². The lowest BCUT2D eigenvalue weighted by Crippen LogP contribution is -2.40. The summed E-state index contributed by atoms with van der Waals surface area (Å²) in [5, 5.41) is 11.3. The van der Waals surface area contributed by atoms with Crippen LogP contribution in [0.5, 0.6) is 0 Å². The number of carbonyl (C=O) groups is 3. The number of aldehydes is 1. The molecule has 0 bridgehead atoms. The average molecular weight is 275 g/mol. The molecule has 0 radical (unpaired) electrons. The Morgan fingerprint density at radius 1 is 1.22 bits per heavy atom. The van der Waals surface area contributed by atoms with Crippen LogP contribution in [-0.4, -0.2) is 35.1 Å². The highest BCUT2D eigenvalue weighted by Gasteiger charge is 2.18. The van der Waals surface area contributed by atoms with E-state index in [1.54, 1.807) is 0 Å². The SMILES string of the molecule is O=CCCCCCCC(=O)N[C@@H](CCS)C(=O)O. The topological polar surface area (TPSA) is 83.5 Å². The fraction of sp³-hybridized carbons (Fsp3) is 0.750. The first-order valence-corrected chi connectivity index (χ1v) is 6.81. The summed E-state index contributed by atoms with van der Waals surface area (Å²) in [7, 11) is 0. The van der Waals surface area contributed by atoms with E-state index in [-0.39, 0.29) is 5.91 Å². The molecule has 0 saturated carbocycles. The number of unbranched alkanes of at least 4 members (excludes halogenated alkanes) is 4. The van der Waals surface area contributed by atoms with E-state index in [1.807, 2.05) is 0 Å². The molecular formula is C12H21NO4S. The second kappa shape index (κ2) is 11.1. The van der Waals surface area contributed by atoms with Crippen LogP contribution >= 0.6 is 12.6 Å². The number of nitrogens with one attached hydrogen (secondary N) is 1. The maximum atomic E-state index is 11.5. The van der Waals surface area contributed by atoms with Gasteiger partial charge in [-0.1, -0.05) is 12.8 Å². The number of hydrogen-bond donors (Lipinski definition) is 3. The minimum Gasteiger partial charge on any atom is -0.480 e. The molecule has 0 fully saturated rings. The Morgan fingerprint density at radius 2 is 1.89 bits per heavy atom. The summed E-state index contributed by atoms with van der Waals surface area (Å²) in [6.07, 6.45) is 5.48. The van der Waals surface area contributed by atoms with Crippen molar-refractivity contribution >= 4 is 30.8 Å². The Labute approximate surface area is 113 Å². The third kappa shape index (κ3) is 9.04. The van der Waals surface area contributed by atoms with E-state index >= 15 is 0 Å². The maximum absolute atomic E-state index is 11.5. The first-order chi connectivity index (χ1) is 8.61. The lowest BCUT2D eigenvalue weighted by Gasteiger charge is -2.13. The first kappa shape index (κ1) is 17.0. The molecule has 104 valence electrons. The van der Waals surface area contributed by atoms with Crippen LogP contribution in [0.15, 0.2) is 0 Å². The van der Waals surface area contributed by atoms with E-state index < -0.39 is 12.0 Å². The predicted octanol–water partition coefficient (Wildman–Crippen LogP) is 1.42. The van der Waals surface area contributed by atoms with Crippen LogP contribution < -0.4 is 5.32 Å². The Hall–Kier alpha value is -1.04. The average Bonchev–Trinajstić information content (AvgIpc) is 2.33. The van der Waals surface area contributed by atoms with Crippen molar-refractivity contribution in [2.24, 2.45) is 0 Å². The van der Waals surface area contributed by atoms with Gasteiger partial charge in [-0.05, 0) is 25.0 Å². The highest BCUT2D eigenvalue weighted by molar-refractivity contribution is 7.80.